The number of alkyl halides is 3. The highest BCUT2D eigenvalue weighted by atomic mass is 32.2. The fourth-order valence-electron chi connectivity index (χ4n) is 5.11. The monoisotopic (exact) mass is 492 g/mol. The van der Waals surface area contributed by atoms with Gasteiger partial charge in [0.15, 0.2) is 21.4 Å². The van der Waals surface area contributed by atoms with Crippen LogP contribution in [0.5, 0.6) is 5.75 Å². The van der Waals surface area contributed by atoms with Crippen molar-refractivity contribution < 1.29 is 30.7 Å². The van der Waals surface area contributed by atoms with E-state index in [0.29, 0.717) is 31.7 Å². The van der Waals surface area contributed by atoms with Gasteiger partial charge in [-0.3, -0.25) is 9.80 Å². The molecule has 1 aliphatic heterocycles. The van der Waals surface area contributed by atoms with E-state index in [-0.39, 0.29) is 30.0 Å². The number of nitrogens with zero attached hydrogens (tertiary/aromatic N) is 2. The third-order valence-electron chi connectivity index (χ3n) is 7.53. The molecule has 5 nitrogen and oxygen atoms in total. The molecule has 3 fully saturated rings. The second-order valence-electron chi connectivity index (χ2n) is 9.94. The fourth-order valence-corrected chi connectivity index (χ4v) is 5.74. The summed E-state index contributed by atoms with van der Waals surface area (Å²) in [7, 11) is -3.46. The summed E-state index contributed by atoms with van der Waals surface area (Å²) in [6.45, 7) is 3.49. The summed E-state index contributed by atoms with van der Waals surface area (Å²) in [4.78, 5) is 4.31. The molecule has 10 heteroatoms. The van der Waals surface area contributed by atoms with E-state index < -0.39 is 27.2 Å². The summed E-state index contributed by atoms with van der Waals surface area (Å²) in [5.74, 6) is -0.311. The molecular weight excluding hydrogens is 460 g/mol. The van der Waals surface area contributed by atoms with Gasteiger partial charge in [0.1, 0.15) is 0 Å². The summed E-state index contributed by atoms with van der Waals surface area (Å²) in [5.41, 5.74) is -1.46. The lowest BCUT2D eigenvalue weighted by Crippen LogP contribution is -2.53. The predicted molar refractivity (Wildman–Crippen MR) is 116 cm³/mol. The van der Waals surface area contributed by atoms with Crippen LogP contribution in [0, 0.1) is 17.2 Å². The number of halogens is 4. The highest BCUT2D eigenvalue weighted by Crippen LogP contribution is 2.58. The Hall–Kier alpha value is -1.39. The second-order valence-corrected chi connectivity index (χ2v) is 12.0. The lowest BCUT2D eigenvalue weighted by molar-refractivity contribution is -0.193. The van der Waals surface area contributed by atoms with E-state index in [2.05, 4.69) is 4.90 Å². The van der Waals surface area contributed by atoms with Crippen LogP contribution in [0.2, 0.25) is 0 Å². The molecular formula is C23H32F4N2O3S. The van der Waals surface area contributed by atoms with Gasteiger partial charge in [0.05, 0.1) is 16.9 Å². The van der Waals surface area contributed by atoms with Crippen LogP contribution >= 0.6 is 0 Å². The average Bonchev–Trinajstić information content (AvgIpc) is 3.54. The molecule has 0 amide bonds. The minimum atomic E-state index is -4.09. The standard InChI is InChI=1S/C23H32F4N2O3S/c1-33(30,31)19-6-7-21(20(24)14-19)32-15-17-2-4-18(5-3-17)29-12-10-28(11-13-29)16-22(8-9-22)23(25,26)27/h6-7,14,17-18H,2-5,8-13,15-16H2,1H3/t17-,18-. The first kappa shape index (κ1) is 24.7. The third kappa shape index (κ3) is 5.82. The largest absolute Gasteiger partial charge is 0.490 e. The number of rotatable bonds is 7. The fraction of sp³-hybridized carbons (Fsp3) is 0.739. The van der Waals surface area contributed by atoms with Crippen molar-refractivity contribution in [3.05, 3.63) is 24.0 Å². The van der Waals surface area contributed by atoms with Crippen LogP contribution in [0.15, 0.2) is 23.1 Å². The van der Waals surface area contributed by atoms with Crippen LogP contribution in [0.4, 0.5) is 17.6 Å². The summed E-state index contributed by atoms with van der Waals surface area (Å²) in [6.07, 6.45) is 1.35. The zero-order valence-corrected chi connectivity index (χ0v) is 19.7. The van der Waals surface area contributed by atoms with Crippen LogP contribution in [0.3, 0.4) is 0 Å². The van der Waals surface area contributed by atoms with E-state index in [9.17, 15) is 26.0 Å². The molecule has 33 heavy (non-hydrogen) atoms. The molecule has 2 aliphatic carbocycles. The van der Waals surface area contributed by atoms with Crippen molar-refractivity contribution in [2.45, 2.75) is 55.6 Å². The Kier molecular flexibility index (Phi) is 7.00. The average molecular weight is 493 g/mol. The number of piperazine rings is 1. The zero-order chi connectivity index (χ0) is 23.9. The normalized spacial score (nSPS) is 26.8. The van der Waals surface area contributed by atoms with Crippen molar-refractivity contribution in [3.63, 3.8) is 0 Å². The predicted octanol–water partition coefficient (Wildman–Crippen LogP) is 4.13. The number of hydrogen-bond acceptors (Lipinski definition) is 5. The van der Waals surface area contributed by atoms with Crippen molar-refractivity contribution in [1.29, 1.82) is 0 Å². The maximum atomic E-state index is 14.2. The van der Waals surface area contributed by atoms with Gasteiger partial charge in [-0.25, -0.2) is 12.8 Å². The van der Waals surface area contributed by atoms with Gasteiger partial charge in [0.25, 0.3) is 0 Å². The topological polar surface area (TPSA) is 49.9 Å². The van der Waals surface area contributed by atoms with Gasteiger partial charge in [-0.2, -0.15) is 13.2 Å². The van der Waals surface area contributed by atoms with E-state index in [4.69, 9.17) is 4.74 Å². The summed E-state index contributed by atoms with van der Waals surface area (Å²) in [5, 5.41) is 0. The summed E-state index contributed by atoms with van der Waals surface area (Å²) < 4.78 is 82.5. The molecule has 1 heterocycles. The van der Waals surface area contributed by atoms with E-state index in [1.54, 1.807) is 0 Å². The lowest BCUT2D eigenvalue weighted by atomic mass is 9.85. The Balaban J connectivity index is 1.19. The zero-order valence-electron chi connectivity index (χ0n) is 18.9. The second kappa shape index (κ2) is 9.34. The van der Waals surface area contributed by atoms with Crippen LogP contribution in [-0.2, 0) is 9.84 Å². The van der Waals surface area contributed by atoms with Crippen LogP contribution in [0.1, 0.15) is 38.5 Å². The van der Waals surface area contributed by atoms with Crippen LogP contribution in [-0.4, -0.2) is 76.0 Å². The maximum Gasteiger partial charge on any atom is 0.395 e. The number of hydrogen-bond donors (Lipinski definition) is 0. The molecule has 0 aromatic heterocycles. The van der Waals surface area contributed by atoms with Crippen molar-refractivity contribution in [1.82, 2.24) is 9.80 Å². The Morgan fingerprint density at radius 2 is 1.70 bits per heavy atom. The first-order valence-electron chi connectivity index (χ1n) is 11.6. The Bertz CT molecular complexity index is 934. The van der Waals surface area contributed by atoms with Gasteiger partial charge < -0.3 is 4.74 Å². The first-order valence-corrected chi connectivity index (χ1v) is 13.5. The Morgan fingerprint density at radius 1 is 1.06 bits per heavy atom. The molecule has 0 atom stereocenters. The Labute approximate surface area is 193 Å². The molecule has 0 unspecified atom stereocenters. The van der Waals surface area contributed by atoms with Crippen LogP contribution < -0.4 is 4.74 Å². The smallest absolute Gasteiger partial charge is 0.395 e. The Morgan fingerprint density at radius 3 is 2.21 bits per heavy atom. The molecule has 0 spiro atoms. The number of sulfone groups is 1. The quantitative estimate of drug-likeness (QED) is 0.536. The van der Waals surface area contributed by atoms with Crippen molar-refractivity contribution in [2.24, 2.45) is 11.3 Å². The molecule has 4 rings (SSSR count). The molecule has 0 radical (unpaired) electrons. The van der Waals surface area contributed by atoms with Crippen molar-refractivity contribution in [2.75, 3.05) is 45.6 Å². The van der Waals surface area contributed by atoms with E-state index in [0.717, 1.165) is 51.1 Å². The van der Waals surface area contributed by atoms with Crippen molar-refractivity contribution in [3.8, 4) is 5.75 Å². The minimum absolute atomic E-state index is 0.0629. The molecule has 1 aromatic rings. The highest BCUT2D eigenvalue weighted by Gasteiger charge is 2.63. The van der Waals surface area contributed by atoms with Gasteiger partial charge in [-0.05, 0) is 62.6 Å². The van der Waals surface area contributed by atoms with Gasteiger partial charge in [0, 0.05) is 45.0 Å². The van der Waals surface area contributed by atoms with Crippen molar-refractivity contribution >= 4 is 9.84 Å². The van der Waals surface area contributed by atoms with E-state index in [1.807, 2.05) is 4.90 Å². The maximum absolute atomic E-state index is 14.2. The third-order valence-corrected chi connectivity index (χ3v) is 8.64. The summed E-state index contributed by atoms with van der Waals surface area (Å²) in [6, 6.07) is 4.14. The molecule has 1 aromatic carbocycles. The van der Waals surface area contributed by atoms with Crippen LogP contribution in [0.25, 0.3) is 0 Å². The van der Waals surface area contributed by atoms with Gasteiger partial charge in [-0.15, -0.1) is 0 Å². The summed E-state index contributed by atoms with van der Waals surface area (Å²) >= 11 is 0. The van der Waals surface area contributed by atoms with Gasteiger partial charge in [0.2, 0.25) is 0 Å². The van der Waals surface area contributed by atoms with E-state index >= 15 is 0 Å². The minimum Gasteiger partial charge on any atom is -0.490 e. The molecule has 0 bridgehead atoms. The highest BCUT2D eigenvalue weighted by molar-refractivity contribution is 7.90. The molecule has 1 saturated heterocycles. The van der Waals surface area contributed by atoms with E-state index in [1.165, 1.54) is 12.1 Å². The lowest BCUT2D eigenvalue weighted by Gasteiger charge is -2.42. The number of ether oxygens (including phenoxy) is 1. The molecule has 3 aliphatic rings. The molecule has 186 valence electrons. The molecule has 2 saturated carbocycles. The molecule has 0 N–H and O–H groups in total. The first-order chi connectivity index (χ1) is 15.5. The van der Waals surface area contributed by atoms with Gasteiger partial charge >= 0.3 is 6.18 Å². The number of benzene rings is 1. The van der Waals surface area contributed by atoms with Gasteiger partial charge in [-0.1, -0.05) is 0 Å². The SMILES string of the molecule is CS(=O)(=O)c1ccc(OC[C@H]2CC[C@H](N3CCN(CC4(C(F)(F)F)CC4)CC3)CC2)c(F)c1.